The minimum Gasteiger partial charge on any atom is -0.486 e. The molecule has 0 bridgehead atoms. The Kier molecular flexibility index (Phi) is 4.17. The zero-order valence-electron chi connectivity index (χ0n) is 13.1. The van der Waals surface area contributed by atoms with Crippen molar-refractivity contribution in [2.24, 2.45) is 0 Å². The number of thiazole rings is 1. The van der Waals surface area contributed by atoms with Crippen LogP contribution in [0.1, 0.15) is 10.5 Å². The zero-order valence-corrected chi connectivity index (χ0v) is 13.9. The molecule has 1 amide bonds. The van der Waals surface area contributed by atoms with Crippen molar-refractivity contribution in [1.29, 1.82) is 0 Å². The number of nitrogens with one attached hydrogen (secondary N) is 2. The van der Waals surface area contributed by atoms with Crippen LogP contribution in [-0.2, 0) is 0 Å². The smallest absolute Gasteiger partial charge is 0.275 e. The first kappa shape index (κ1) is 15.4. The fourth-order valence-electron chi connectivity index (χ4n) is 2.30. The molecule has 4 rings (SSSR count). The van der Waals surface area contributed by atoms with E-state index < -0.39 is 0 Å². The Morgan fingerprint density at radius 1 is 1.12 bits per heavy atom. The van der Waals surface area contributed by atoms with E-state index in [1.807, 2.05) is 18.2 Å². The number of rotatable bonds is 4. The molecule has 1 aliphatic heterocycles. The molecule has 1 aliphatic rings. The Morgan fingerprint density at radius 2 is 2.00 bits per heavy atom. The van der Waals surface area contributed by atoms with Gasteiger partial charge >= 0.3 is 0 Å². The maximum atomic E-state index is 12.4. The molecule has 126 valence electrons. The zero-order chi connectivity index (χ0) is 17.1. The van der Waals surface area contributed by atoms with Gasteiger partial charge in [-0.05, 0) is 24.3 Å². The molecule has 0 radical (unpaired) electrons. The average molecular weight is 354 g/mol. The first-order valence-electron chi connectivity index (χ1n) is 7.62. The van der Waals surface area contributed by atoms with Crippen LogP contribution in [0.5, 0.6) is 11.5 Å². The highest BCUT2D eigenvalue weighted by Crippen LogP contribution is 2.32. The molecule has 2 aromatic heterocycles. The van der Waals surface area contributed by atoms with E-state index in [-0.39, 0.29) is 5.91 Å². The molecule has 8 heteroatoms. The number of carbonyl (C=O) groups is 1. The van der Waals surface area contributed by atoms with Crippen LogP contribution in [0.3, 0.4) is 0 Å². The number of carbonyl (C=O) groups excluding carboxylic acids is 1. The monoisotopic (exact) mass is 354 g/mol. The van der Waals surface area contributed by atoms with Gasteiger partial charge in [0, 0.05) is 23.3 Å². The fraction of sp³-hybridized carbons (Fsp3) is 0.118. The quantitative estimate of drug-likeness (QED) is 0.748. The molecule has 7 nitrogen and oxygen atoms in total. The number of pyridine rings is 1. The van der Waals surface area contributed by atoms with Crippen LogP contribution in [0.15, 0.2) is 48.0 Å². The van der Waals surface area contributed by atoms with Gasteiger partial charge in [-0.25, -0.2) is 9.97 Å². The van der Waals surface area contributed by atoms with Crippen LogP contribution < -0.4 is 20.1 Å². The third kappa shape index (κ3) is 3.53. The minimum atomic E-state index is -0.290. The maximum Gasteiger partial charge on any atom is 0.275 e. The van der Waals surface area contributed by atoms with Gasteiger partial charge in [-0.2, -0.15) is 0 Å². The van der Waals surface area contributed by atoms with Gasteiger partial charge in [-0.1, -0.05) is 6.07 Å². The Bertz CT molecular complexity index is 898. The number of benzene rings is 1. The summed E-state index contributed by atoms with van der Waals surface area (Å²) in [6.45, 7) is 1.03. The summed E-state index contributed by atoms with van der Waals surface area (Å²) < 4.78 is 11.0. The third-order valence-corrected chi connectivity index (χ3v) is 4.19. The normalized spacial score (nSPS) is 12.5. The maximum absolute atomic E-state index is 12.4. The highest BCUT2D eigenvalue weighted by atomic mass is 32.1. The van der Waals surface area contributed by atoms with Gasteiger partial charge in [0.2, 0.25) is 0 Å². The molecular weight excluding hydrogens is 340 g/mol. The van der Waals surface area contributed by atoms with Gasteiger partial charge < -0.3 is 20.1 Å². The number of hydrogen-bond donors (Lipinski definition) is 2. The van der Waals surface area contributed by atoms with Crippen molar-refractivity contribution in [2.75, 3.05) is 23.8 Å². The summed E-state index contributed by atoms with van der Waals surface area (Å²) in [6.07, 6.45) is 1.69. The van der Waals surface area contributed by atoms with Gasteiger partial charge in [0.1, 0.15) is 24.7 Å². The number of anilines is 3. The van der Waals surface area contributed by atoms with Crippen molar-refractivity contribution in [3.63, 3.8) is 0 Å². The molecule has 0 atom stereocenters. The summed E-state index contributed by atoms with van der Waals surface area (Å²) in [4.78, 5) is 20.8. The summed E-state index contributed by atoms with van der Waals surface area (Å²) in [6, 6.07) is 10.8. The Balaban J connectivity index is 1.45. The standard InChI is InChI=1S/C17H14N4O3S/c22-16(19-11-4-5-13-14(9-11)24-8-7-23-13)12-10-25-17(20-12)21-15-3-1-2-6-18-15/h1-6,9-10H,7-8H2,(H,19,22)(H,18,20,21). The lowest BCUT2D eigenvalue weighted by molar-refractivity contribution is 0.102. The highest BCUT2D eigenvalue weighted by Gasteiger charge is 2.15. The summed E-state index contributed by atoms with van der Waals surface area (Å²) >= 11 is 1.34. The Labute approximate surface area is 147 Å². The molecule has 2 N–H and O–H groups in total. The molecule has 0 aliphatic carbocycles. The number of hydrogen-bond acceptors (Lipinski definition) is 7. The number of fused-ring (bicyclic) bond motifs is 1. The lowest BCUT2D eigenvalue weighted by Crippen LogP contribution is -2.16. The van der Waals surface area contributed by atoms with E-state index in [4.69, 9.17) is 9.47 Å². The van der Waals surface area contributed by atoms with Gasteiger partial charge in [-0.3, -0.25) is 4.79 Å². The first-order valence-corrected chi connectivity index (χ1v) is 8.50. The van der Waals surface area contributed by atoms with Crippen molar-refractivity contribution in [2.45, 2.75) is 0 Å². The topological polar surface area (TPSA) is 85.4 Å². The van der Waals surface area contributed by atoms with E-state index >= 15 is 0 Å². The first-order chi connectivity index (χ1) is 12.3. The van der Waals surface area contributed by atoms with Crippen molar-refractivity contribution in [3.8, 4) is 11.5 Å². The number of aromatic nitrogens is 2. The number of amides is 1. The second kappa shape index (κ2) is 6.78. The second-order valence-corrected chi connectivity index (χ2v) is 6.05. The van der Waals surface area contributed by atoms with Crippen molar-refractivity contribution in [3.05, 3.63) is 53.7 Å². The van der Waals surface area contributed by atoms with Crippen molar-refractivity contribution >= 4 is 33.9 Å². The van der Waals surface area contributed by atoms with Gasteiger partial charge in [0.25, 0.3) is 5.91 Å². The number of ether oxygens (including phenoxy) is 2. The predicted molar refractivity (Wildman–Crippen MR) is 95.0 cm³/mol. The summed E-state index contributed by atoms with van der Waals surface area (Å²) in [7, 11) is 0. The molecule has 0 saturated carbocycles. The van der Waals surface area contributed by atoms with E-state index in [1.165, 1.54) is 11.3 Å². The largest absolute Gasteiger partial charge is 0.486 e. The molecule has 3 heterocycles. The predicted octanol–water partition coefficient (Wildman–Crippen LogP) is 3.31. The summed E-state index contributed by atoms with van der Waals surface area (Å²) in [5.41, 5.74) is 0.958. The molecule has 25 heavy (non-hydrogen) atoms. The van der Waals surface area contributed by atoms with E-state index in [0.717, 1.165) is 0 Å². The fourth-order valence-corrected chi connectivity index (χ4v) is 3.00. The number of nitrogens with zero attached hydrogens (tertiary/aromatic N) is 2. The Morgan fingerprint density at radius 3 is 2.84 bits per heavy atom. The van der Waals surface area contributed by atoms with Gasteiger partial charge in [0.15, 0.2) is 16.6 Å². The van der Waals surface area contributed by atoms with E-state index in [9.17, 15) is 4.79 Å². The van der Waals surface area contributed by atoms with Crippen LogP contribution in [0.2, 0.25) is 0 Å². The van der Waals surface area contributed by atoms with Crippen molar-refractivity contribution < 1.29 is 14.3 Å². The van der Waals surface area contributed by atoms with Gasteiger partial charge in [-0.15, -0.1) is 11.3 Å². The highest BCUT2D eigenvalue weighted by molar-refractivity contribution is 7.14. The van der Waals surface area contributed by atoms with E-state index in [1.54, 1.807) is 29.8 Å². The van der Waals surface area contributed by atoms with Gasteiger partial charge in [0.05, 0.1) is 0 Å². The molecule has 0 saturated heterocycles. The van der Waals surface area contributed by atoms with E-state index in [2.05, 4.69) is 20.6 Å². The van der Waals surface area contributed by atoms with Crippen LogP contribution in [0.25, 0.3) is 0 Å². The summed E-state index contributed by atoms with van der Waals surface area (Å²) in [5.74, 6) is 1.69. The lowest BCUT2D eigenvalue weighted by Gasteiger charge is -2.18. The Hall–Kier alpha value is -3.13. The third-order valence-electron chi connectivity index (χ3n) is 3.44. The SMILES string of the molecule is O=C(Nc1ccc2c(c1)OCCO2)c1csc(Nc2ccccn2)n1. The molecular formula is C17H14N4O3S. The molecule has 1 aromatic carbocycles. The molecule has 0 spiro atoms. The van der Waals surface area contributed by atoms with E-state index in [0.29, 0.717) is 47.0 Å². The van der Waals surface area contributed by atoms with Crippen LogP contribution in [0, 0.1) is 0 Å². The average Bonchev–Trinajstić information content (AvgIpc) is 3.11. The lowest BCUT2D eigenvalue weighted by atomic mass is 10.2. The summed E-state index contributed by atoms with van der Waals surface area (Å²) in [5, 5.41) is 8.17. The van der Waals surface area contributed by atoms with Crippen LogP contribution in [0.4, 0.5) is 16.6 Å². The second-order valence-electron chi connectivity index (χ2n) is 5.19. The minimum absolute atomic E-state index is 0.290. The molecule has 0 unspecified atom stereocenters. The molecule has 3 aromatic rings. The van der Waals surface area contributed by atoms with Crippen molar-refractivity contribution in [1.82, 2.24) is 9.97 Å². The van der Waals surface area contributed by atoms with Crippen LogP contribution in [-0.4, -0.2) is 29.1 Å². The molecule has 0 fully saturated rings. The van der Waals surface area contributed by atoms with Crippen LogP contribution >= 0.6 is 11.3 Å².